The zero-order chi connectivity index (χ0) is 18.7. The number of rotatable bonds is 3. The molecule has 0 aromatic carbocycles. The number of ether oxygens (including phenoxy) is 1. The fourth-order valence-electron chi connectivity index (χ4n) is 3.28. The van der Waals surface area contributed by atoms with Crippen molar-refractivity contribution < 1.29 is 19.1 Å². The summed E-state index contributed by atoms with van der Waals surface area (Å²) in [5, 5.41) is 3.08. The van der Waals surface area contributed by atoms with Gasteiger partial charge < -0.3 is 14.5 Å². The van der Waals surface area contributed by atoms with Gasteiger partial charge >= 0.3 is 17.8 Å². The summed E-state index contributed by atoms with van der Waals surface area (Å²) in [6.45, 7) is 4.51. The van der Waals surface area contributed by atoms with E-state index in [-0.39, 0.29) is 18.4 Å². The van der Waals surface area contributed by atoms with Gasteiger partial charge in [0.15, 0.2) is 5.13 Å². The van der Waals surface area contributed by atoms with Crippen molar-refractivity contribution in [2.24, 2.45) is 5.92 Å². The molecule has 1 atom stereocenters. The van der Waals surface area contributed by atoms with E-state index in [1.807, 2.05) is 7.05 Å². The first-order valence-corrected chi connectivity index (χ1v) is 9.73. The van der Waals surface area contributed by atoms with Gasteiger partial charge in [0, 0.05) is 37.5 Å². The van der Waals surface area contributed by atoms with E-state index >= 15 is 0 Å². The number of hydrogen-bond acceptors (Lipinski definition) is 7. The lowest BCUT2D eigenvalue weighted by molar-refractivity contribution is -0.153. The molecule has 1 saturated heterocycles. The second kappa shape index (κ2) is 8.13. The van der Waals surface area contributed by atoms with E-state index in [4.69, 9.17) is 4.74 Å². The highest BCUT2D eigenvalue weighted by molar-refractivity contribution is 7.16. The van der Waals surface area contributed by atoms with Gasteiger partial charge in [0.25, 0.3) is 0 Å². The van der Waals surface area contributed by atoms with Crippen LogP contribution in [0.4, 0.5) is 5.13 Å². The molecule has 3 rings (SSSR count). The van der Waals surface area contributed by atoms with Crippen LogP contribution in [0.25, 0.3) is 0 Å². The van der Waals surface area contributed by atoms with Crippen LogP contribution >= 0.6 is 11.3 Å². The number of carbonyl (C=O) groups is 3. The Hall–Kier alpha value is -2.00. The van der Waals surface area contributed by atoms with Crippen LogP contribution in [0.3, 0.4) is 0 Å². The molecule has 142 valence electrons. The van der Waals surface area contributed by atoms with Gasteiger partial charge in [-0.2, -0.15) is 0 Å². The lowest BCUT2D eigenvalue weighted by Crippen LogP contribution is -2.47. The highest BCUT2D eigenvalue weighted by atomic mass is 32.1. The molecular weight excluding hydrogens is 356 g/mol. The molecule has 1 N–H and O–H groups in total. The quantitative estimate of drug-likeness (QED) is 0.618. The molecule has 0 saturated carbocycles. The van der Waals surface area contributed by atoms with E-state index in [9.17, 15) is 14.4 Å². The second-order valence-corrected chi connectivity index (χ2v) is 7.76. The van der Waals surface area contributed by atoms with Crippen molar-refractivity contribution in [3.63, 3.8) is 0 Å². The van der Waals surface area contributed by atoms with Gasteiger partial charge in [0.2, 0.25) is 0 Å². The summed E-state index contributed by atoms with van der Waals surface area (Å²) in [5.74, 6) is -1.98. The third kappa shape index (κ3) is 4.21. The van der Waals surface area contributed by atoms with E-state index in [1.54, 1.807) is 6.92 Å². The first kappa shape index (κ1) is 18.8. The number of thiazole rings is 1. The van der Waals surface area contributed by atoms with Gasteiger partial charge in [-0.1, -0.05) is 0 Å². The Morgan fingerprint density at radius 2 is 2.15 bits per heavy atom. The van der Waals surface area contributed by atoms with Crippen molar-refractivity contribution in [1.82, 2.24) is 14.8 Å². The Kier molecular flexibility index (Phi) is 5.87. The number of piperidine rings is 1. The van der Waals surface area contributed by atoms with E-state index in [0.717, 1.165) is 30.1 Å². The molecule has 0 spiro atoms. The molecular formula is C17H24N4O4S. The van der Waals surface area contributed by atoms with Crippen LogP contribution in [0.1, 0.15) is 30.3 Å². The summed E-state index contributed by atoms with van der Waals surface area (Å²) in [6, 6.07) is 0. The van der Waals surface area contributed by atoms with Crippen LogP contribution in [0.15, 0.2) is 0 Å². The predicted molar refractivity (Wildman–Crippen MR) is 96.7 cm³/mol. The van der Waals surface area contributed by atoms with Crippen LogP contribution in [-0.4, -0.2) is 65.9 Å². The van der Waals surface area contributed by atoms with Gasteiger partial charge in [0.1, 0.15) is 0 Å². The molecule has 1 unspecified atom stereocenters. The number of hydrogen-bond donors (Lipinski definition) is 1. The first-order valence-electron chi connectivity index (χ1n) is 8.92. The normalized spacial score (nSPS) is 20.4. The zero-order valence-corrected chi connectivity index (χ0v) is 15.9. The molecule has 1 fully saturated rings. The monoisotopic (exact) mass is 380 g/mol. The van der Waals surface area contributed by atoms with E-state index in [1.165, 1.54) is 16.2 Å². The number of carbonyl (C=O) groups excluding carboxylic acids is 3. The predicted octanol–water partition coefficient (Wildman–Crippen LogP) is 0.871. The van der Waals surface area contributed by atoms with Crippen LogP contribution in [0, 0.1) is 5.92 Å². The Bertz CT molecular complexity index is 705. The molecule has 2 amide bonds. The smallest absolute Gasteiger partial charge is 0.315 e. The largest absolute Gasteiger partial charge is 0.466 e. The average molecular weight is 380 g/mol. The van der Waals surface area contributed by atoms with E-state index in [2.05, 4.69) is 15.2 Å². The molecule has 0 bridgehead atoms. The second-order valence-electron chi connectivity index (χ2n) is 6.67. The number of nitrogens with one attached hydrogen (secondary N) is 1. The molecule has 26 heavy (non-hydrogen) atoms. The third-order valence-corrected chi connectivity index (χ3v) is 5.66. The van der Waals surface area contributed by atoms with Crippen molar-refractivity contribution >= 4 is 34.3 Å². The number of fused-ring (bicyclic) bond motifs is 1. The minimum Gasteiger partial charge on any atom is -0.466 e. The molecule has 2 aliphatic rings. The lowest BCUT2D eigenvalue weighted by atomic mass is 9.98. The van der Waals surface area contributed by atoms with Crippen LogP contribution in [0.5, 0.6) is 0 Å². The summed E-state index contributed by atoms with van der Waals surface area (Å²) in [4.78, 5) is 45.9. The first-order chi connectivity index (χ1) is 12.5. The van der Waals surface area contributed by atoms with Crippen molar-refractivity contribution in [1.29, 1.82) is 0 Å². The molecule has 8 nitrogen and oxygen atoms in total. The molecule has 2 aliphatic heterocycles. The standard InChI is InChI=1S/C17H24N4O4S/c1-3-25-16(24)11-5-4-7-21(9-11)15(23)14(22)19-17-18-12-6-8-20(2)10-13(12)26-17/h11H,3-10H2,1-2H3,(H,18,19,22). The molecule has 1 aromatic heterocycles. The van der Waals surface area contributed by atoms with Crippen molar-refractivity contribution in [3.8, 4) is 0 Å². The van der Waals surface area contributed by atoms with Crippen molar-refractivity contribution in [2.45, 2.75) is 32.7 Å². The van der Waals surface area contributed by atoms with Crippen LogP contribution in [0.2, 0.25) is 0 Å². The topological polar surface area (TPSA) is 91.8 Å². The maximum absolute atomic E-state index is 12.5. The fraction of sp³-hybridized carbons (Fsp3) is 0.647. The minimum atomic E-state index is -0.700. The summed E-state index contributed by atoms with van der Waals surface area (Å²) in [5.41, 5.74) is 0.996. The Labute approximate surface area is 156 Å². The third-order valence-electron chi connectivity index (χ3n) is 4.67. The van der Waals surface area contributed by atoms with E-state index in [0.29, 0.717) is 31.1 Å². The van der Waals surface area contributed by atoms with Crippen LogP contribution in [-0.2, 0) is 32.1 Å². The SMILES string of the molecule is CCOC(=O)C1CCCN(C(=O)C(=O)Nc2nc3c(s2)CN(C)CC3)C1. The lowest BCUT2D eigenvalue weighted by Gasteiger charge is -2.30. The van der Waals surface area contributed by atoms with Crippen LogP contribution < -0.4 is 5.32 Å². The van der Waals surface area contributed by atoms with Gasteiger partial charge in [-0.05, 0) is 26.8 Å². The number of nitrogens with zero attached hydrogens (tertiary/aromatic N) is 3. The summed E-state index contributed by atoms with van der Waals surface area (Å²) in [6.07, 6.45) is 2.21. The van der Waals surface area contributed by atoms with Crippen molar-refractivity contribution in [3.05, 3.63) is 10.6 Å². The maximum atomic E-state index is 12.5. The number of likely N-dealkylation sites (N-methyl/N-ethyl adjacent to an activating group) is 1. The highest BCUT2D eigenvalue weighted by Crippen LogP contribution is 2.27. The summed E-state index contributed by atoms with van der Waals surface area (Å²) >= 11 is 1.41. The van der Waals surface area contributed by atoms with Crippen molar-refractivity contribution in [2.75, 3.05) is 38.6 Å². The average Bonchev–Trinajstić information content (AvgIpc) is 3.02. The number of esters is 1. The van der Waals surface area contributed by atoms with Gasteiger partial charge in [-0.15, -0.1) is 11.3 Å². The molecule has 0 radical (unpaired) electrons. The highest BCUT2D eigenvalue weighted by Gasteiger charge is 2.32. The molecule has 0 aliphatic carbocycles. The fourth-order valence-corrected chi connectivity index (χ4v) is 4.37. The van der Waals surface area contributed by atoms with Gasteiger partial charge in [0.05, 0.1) is 18.2 Å². The Balaban J connectivity index is 1.59. The summed E-state index contributed by atoms with van der Waals surface area (Å²) in [7, 11) is 2.04. The summed E-state index contributed by atoms with van der Waals surface area (Å²) < 4.78 is 5.03. The maximum Gasteiger partial charge on any atom is 0.315 e. The zero-order valence-electron chi connectivity index (χ0n) is 15.1. The Morgan fingerprint density at radius 3 is 2.92 bits per heavy atom. The number of amides is 2. The number of likely N-dealkylation sites (tertiary alicyclic amines) is 1. The molecule has 1 aromatic rings. The number of anilines is 1. The molecule has 9 heteroatoms. The Morgan fingerprint density at radius 1 is 1.35 bits per heavy atom. The number of aromatic nitrogens is 1. The van der Waals surface area contributed by atoms with Gasteiger partial charge in [-0.3, -0.25) is 19.7 Å². The van der Waals surface area contributed by atoms with Gasteiger partial charge in [-0.25, -0.2) is 4.98 Å². The molecule has 3 heterocycles. The minimum absolute atomic E-state index is 0.226. The van der Waals surface area contributed by atoms with E-state index < -0.39 is 11.8 Å².